The third kappa shape index (κ3) is 5.55. The second kappa shape index (κ2) is 9.70. The van der Waals surface area contributed by atoms with E-state index < -0.39 is 17.5 Å². The van der Waals surface area contributed by atoms with Crippen molar-refractivity contribution in [3.05, 3.63) is 71.9 Å². The molecule has 6 nitrogen and oxygen atoms in total. The highest BCUT2D eigenvalue weighted by Crippen LogP contribution is 2.20. The molecule has 29 heavy (non-hydrogen) atoms. The molecule has 2 N–H and O–H groups in total. The number of ether oxygens (including phenoxy) is 1. The van der Waals surface area contributed by atoms with Crippen LogP contribution < -0.4 is 10.6 Å². The molecule has 0 fully saturated rings. The third-order valence-corrected chi connectivity index (χ3v) is 4.00. The van der Waals surface area contributed by atoms with Gasteiger partial charge in [0.25, 0.3) is 5.91 Å². The average Bonchev–Trinajstić information content (AvgIpc) is 2.73. The predicted octanol–water partition coefficient (Wildman–Crippen LogP) is 4.12. The zero-order valence-corrected chi connectivity index (χ0v) is 15.8. The van der Waals surface area contributed by atoms with Crippen LogP contribution >= 0.6 is 0 Å². The summed E-state index contributed by atoms with van der Waals surface area (Å²) < 4.78 is 32.0. The van der Waals surface area contributed by atoms with Gasteiger partial charge in [-0.25, -0.2) is 18.7 Å². The SMILES string of the molecule is COCCCNc1cc(C(=O)Nc2ccc(F)cc2F)nc(-c2ccccc2)n1. The first-order chi connectivity index (χ1) is 14.1. The Hall–Kier alpha value is -3.39. The minimum absolute atomic E-state index is 0.0526. The van der Waals surface area contributed by atoms with Gasteiger partial charge in [0.15, 0.2) is 5.82 Å². The Morgan fingerprint density at radius 1 is 1.07 bits per heavy atom. The molecule has 0 radical (unpaired) electrons. The molecular formula is C21H20F2N4O2. The Kier molecular flexibility index (Phi) is 6.80. The van der Waals surface area contributed by atoms with E-state index in [4.69, 9.17) is 4.74 Å². The van der Waals surface area contributed by atoms with Crippen LogP contribution in [0.15, 0.2) is 54.6 Å². The molecule has 3 rings (SSSR count). The van der Waals surface area contributed by atoms with Crippen molar-refractivity contribution < 1.29 is 18.3 Å². The van der Waals surface area contributed by atoms with Gasteiger partial charge in [0.05, 0.1) is 5.69 Å². The number of amides is 1. The van der Waals surface area contributed by atoms with Gasteiger partial charge in [0.1, 0.15) is 23.1 Å². The number of aromatic nitrogens is 2. The first kappa shape index (κ1) is 20.3. The summed E-state index contributed by atoms with van der Waals surface area (Å²) in [4.78, 5) is 21.4. The highest BCUT2D eigenvalue weighted by molar-refractivity contribution is 6.03. The first-order valence-electron chi connectivity index (χ1n) is 9.00. The Balaban J connectivity index is 1.88. The molecule has 1 heterocycles. The van der Waals surface area contributed by atoms with E-state index in [9.17, 15) is 13.6 Å². The number of nitrogens with zero attached hydrogens (tertiary/aromatic N) is 2. The van der Waals surface area contributed by atoms with Crippen LogP contribution in [0.3, 0.4) is 0 Å². The first-order valence-corrected chi connectivity index (χ1v) is 9.00. The zero-order chi connectivity index (χ0) is 20.6. The second-order valence-corrected chi connectivity index (χ2v) is 6.18. The summed E-state index contributed by atoms with van der Waals surface area (Å²) in [5.41, 5.74) is 0.651. The molecule has 1 aromatic heterocycles. The van der Waals surface area contributed by atoms with Crippen LogP contribution in [0.2, 0.25) is 0 Å². The number of hydrogen-bond acceptors (Lipinski definition) is 5. The maximum Gasteiger partial charge on any atom is 0.274 e. The number of nitrogens with one attached hydrogen (secondary N) is 2. The number of carbonyl (C=O) groups excluding carboxylic acids is 1. The lowest BCUT2D eigenvalue weighted by molar-refractivity contribution is 0.102. The lowest BCUT2D eigenvalue weighted by atomic mass is 10.2. The molecule has 0 saturated carbocycles. The molecule has 0 aliphatic rings. The third-order valence-electron chi connectivity index (χ3n) is 4.00. The van der Waals surface area contributed by atoms with Gasteiger partial charge in [-0.2, -0.15) is 0 Å². The van der Waals surface area contributed by atoms with Gasteiger partial charge in [-0.05, 0) is 18.6 Å². The van der Waals surface area contributed by atoms with Crippen molar-refractivity contribution in [3.63, 3.8) is 0 Å². The number of anilines is 2. The molecule has 2 aromatic carbocycles. The van der Waals surface area contributed by atoms with E-state index in [1.54, 1.807) is 7.11 Å². The van der Waals surface area contributed by atoms with Gasteiger partial charge in [-0.15, -0.1) is 0 Å². The molecular weight excluding hydrogens is 378 g/mol. The molecule has 0 atom stereocenters. The molecule has 0 aliphatic heterocycles. The lowest BCUT2D eigenvalue weighted by Gasteiger charge is -2.11. The van der Waals surface area contributed by atoms with E-state index in [0.29, 0.717) is 30.9 Å². The Morgan fingerprint density at radius 2 is 1.86 bits per heavy atom. The van der Waals surface area contributed by atoms with E-state index in [2.05, 4.69) is 20.6 Å². The Morgan fingerprint density at radius 3 is 2.59 bits per heavy atom. The van der Waals surface area contributed by atoms with Gasteiger partial charge in [0.2, 0.25) is 0 Å². The van der Waals surface area contributed by atoms with Crippen LogP contribution in [0.1, 0.15) is 16.9 Å². The molecule has 0 spiro atoms. The highest BCUT2D eigenvalue weighted by atomic mass is 19.1. The normalized spacial score (nSPS) is 10.6. The molecule has 0 aliphatic carbocycles. The van der Waals surface area contributed by atoms with Crippen molar-refractivity contribution >= 4 is 17.4 Å². The molecule has 0 bridgehead atoms. The van der Waals surface area contributed by atoms with Crippen LogP contribution in [-0.2, 0) is 4.74 Å². The van der Waals surface area contributed by atoms with Gasteiger partial charge >= 0.3 is 0 Å². The van der Waals surface area contributed by atoms with E-state index in [0.717, 1.165) is 24.1 Å². The Bertz CT molecular complexity index is 984. The van der Waals surface area contributed by atoms with E-state index in [-0.39, 0.29) is 11.4 Å². The standard InChI is InChI=1S/C21H20F2N4O2/c1-29-11-5-10-24-19-13-18(25-20(27-19)14-6-3-2-4-7-14)21(28)26-17-9-8-15(22)12-16(17)23/h2-4,6-9,12-13H,5,10-11H2,1H3,(H,26,28)(H,24,25,27). The van der Waals surface area contributed by atoms with Gasteiger partial charge in [-0.3, -0.25) is 4.79 Å². The molecule has 0 saturated heterocycles. The summed E-state index contributed by atoms with van der Waals surface area (Å²) in [5.74, 6) is -1.41. The van der Waals surface area contributed by atoms with E-state index in [1.807, 2.05) is 30.3 Å². The predicted molar refractivity (Wildman–Crippen MR) is 107 cm³/mol. The molecule has 3 aromatic rings. The van der Waals surface area contributed by atoms with Gasteiger partial charge < -0.3 is 15.4 Å². The van der Waals surface area contributed by atoms with Crippen molar-refractivity contribution in [2.75, 3.05) is 30.9 Å². The number of halogens is 2. The van der Waals surface area contributed by atoms with E-state index >= 15 is 0 Å². The number of hydrogen-bond donors (Lipinski definition) is 2. The maximum atomic E-state index is 13.9. The summed E-state index contributed by atoms with van der Waals surface area (Å²) in [5, 5.41) is 5.55. The number of benzene rings is 2. The summed E-state index contributed by atoms with van der Waals surface area (Å²) in [6.07, 6.45) is 0.753. The number of methoxy groups -OCH3 is 1. The minimum Gasteiger partial charge on any atom is -0.385 e. The quantitative estimate of drug-likeness (QED) is 0.558. The maximum absolute atomic E-state index is 13.9. The molecule has 1 amide bonds. The Labute approximate surface area is 167 Å². The number of carbonyl (C=O) groups is 1. The fraction of sp³-hybridized carbons (Fsp3) is 0.190. The summed E-state index contributed by atoms with van der Waals surface area (Å²) in [6, 6.07) is 13.6. The summed E-state index contributed by atoms with van der Waals surface area (Å²) in [6.45, 7) is 1.17. The average molecular weight is 398 g/mol. The van der Waals surface area contributed by atoms with Crippen LogP contribution in [-0.4, -0.2) is 36.1 Å². The lowest BCUT2D eigenvalue weighted by Crippen LogP contribution is -2.17. The fourth-order valence-corrected chi connectivity index (χ4v) is 2.58. The summed E-state index contributed by atoms with van der Waals surface area (Å²) >= 11 is 0. The molecule has 150 valence electrons. The number of rotatable bonds is 8. The van der Waals surface area contributed by atoms with E-state index in [1.165, 1.54) is 6.07 Å². The van der Waals surface area contributed by atoms with Crippen LogP contribution in [0.4, 0.5) is 20.3 Å². The minimum atomic E-state index is -0.867. The van der Waals surface area contributed by atoms with Gasteiger partial charge in [0, 0.05) is 38.0 Å². The fourth-order valence-electron chi connectivity index (χ4n) is 2.58. The molecule has 0 unspecified atom stereocenters. The second-order valence-electron chi connectivity index (χ2n) is 6.18. The van der Waals surface area contributed by atoms with Crippen LogP contribution in [0.25, 0.3) is 11.4 Å². The monoisotopic (exact) mass is 398 g/mol. The highest BCUT2D eigenvalue weighted by Gasteiger charge is 2.15. The smallest absolute Gasteiger partial charge is 0.274 e. The summed E-state index contributed by atoms with van der Waals surface area (Å²) in [7, 11) is 1.62. The largest absolute Gasteiger partial charge is 0.385 e. The van der Waals surface area contributed by atoms with Crippen molar-refractivity contribution in [3.8, 4) is 11.4 Å². The van der Waals surface area contributed by atoms with Gasteiger partial charge in [-0.1, -0.05) is 30.3 Å². The van der Waals surface area contributed by atoms with Crippen molar-refractivity contribution in [1.29, 1.82) is 0 Å². The van der Waals surface area contributed by atoms with Crippen molar-refractivity contribution in [2.24, 2.45) is 0 Å². The topological polar surface area (TPSA) is 76.1 Å². The molecule has 8 heteroatoms. The van der Waals surface area contributed by atoms with Crippen molar-refractivity contribution in [2.45, 2.75) is 6.42 Å². The zero-order valence-electron chi connectivity index (χ0n) is 15.8. The van der Waals surface area contributed by atoms with Crippen LogP contribution in [0.5, 0.6) is 0 Å². The van der Waals surface area contributed by atoms with Crippen molar-refractivity contribution in [1.82, 2.24) is 9.97 Å². The van der Waals surface area contributed by atoms with Crippen LogP contribution in [0, 0.1) is 11.6 Å².